The van der Waals surface area contributed by atoms with Crippen molar-refractivity contribution >= 4 is 15.9 Å². The van der Waals surface area contributed by atoms with E-state index < -0.39 is 10.0 Å². The van der Waals surface area contributed by atoms with Gasteiger partial charge in [-0.15, -0.1) is 0 Å². The number of hydrogen-bond acceptors (Lipinski definition) is 3. The lowest BCUT2D eigenvalue weighted by Crippen LogP contribution is -2.29. The number of carbonyl (C=O) groups is 1. The number of rotatable bonds is 7. The second-order valence-corrected chi connectivity index (χ2v) is 9.03. The highest BCUT2D eigenvalue weighted by atomic mass is 32.2. The molecule has 5 nitrogen and oxygen atoms in total. The Morgan fingerprint density at radius 3 is 2.08 bits per heavy atom. The van der Waals surface area contributed by atoms with E-state index in [0.717, 1.165) is 16.3 Å². The standard InChI is InChI=1S/C20H26N2O3S/c1-15(2)14-19(16-8-6-5-7-9-16)21-20(23)17-10-12-18(13-11-17)26(24,25)22(3)4/h5-13,15,19H,14H2,1-4H3,(H,21,23). The molecule has 0 heterocycles. The summed E-state index contributed by atoms with van der Waals surface area (Å²) in [5.74, 6) is 0.210. The summed E-state index contributed by atoms with van der Waals surface area (Å²) in [5, 5.41) is 3.06. The molecule has 1 N–H and O–H groups in total. The average Bonchev–Trinajstić information content (AvgIpc) is 2.61. The quantitative estimate of drug-likeness (QED) is 0.807. The molecule has 0 bridgehead atoms. The molecule has 0 aliphatic heterocycles. The number of benzene rings is 2. The number of carbonyl (C=O) groups excluding carboxylic acids is 1. The Balaban J connectivity index is 2.19. The normalized spacial score (nSPS) is 13.0. The highest BCUT2D eigenvalue weighted by Gasteiger charge is 2.19. The Kier molecular flexibility index (Phi) is 6.56. The molecule has 1 unspecified atom stereocenters. The third-order valence-corrected chi connectivity index (χ3v) is 5.94. The maximum absolute atomic E-state index is 12.6. The van der Waals surface area contributed by atoms with Gasteiger partial charge in [0.25, 0.3) is 5.91 Å². The molecule has 0 radical (unpaired) electrons. The molecule has 0 fully saturated rings. The summed E-state index contributed by atoms with van der Waals surface area (Å²) in [5.41, 5.74) is 1.49. The van der Waals surface area contributed by atoms with E-state index in [2.05, 4.69) is 19.2 Å². The first-order chi connectivity index (χ1) is 12.2. The van der Waals surface area contributed by atoms with Crippen molar-refractivity contribution in [1.29, 1.82) is 0 Å². The van der Waals surface area contributed by atoms with Crippen LogP contribution in [0.4, 0.5) is 0 Å². The van der Waals surface area contributed by atoms with Crippen LogP contribution in [0, 0.1) is 5.92 Å². The predicted octanol–water partition coefficient (Wildman–Crippen LogP) is 3.45. The van der Waals surface area contributed by atoms with Crippen molar-refractivity contribution in [3.05, 3.63) is 65.7 Å². The van der Waals surface area contributed by atoms with Crippen molar-refractivity contribution in [3.63, 3.8) is 0 Å². The summed E-state index contributed by atoms with van der Waals surface area (Å²) >= 11 is 0. The summed E-state index contributed by atoms with van der Waals surface area (Å²) in [7, 11) is -0.543. The van der Waals surface area contributed by atoms with E-state index in [4.69, 9.17) is 0 Å². The van der Waals surface area contributed by atoms with Gasteiger partial charge in [0.05, 0.1) is 10.9 Å². The minimum Gasteiger partial charge on any atom is -0.345 e. The highest BCUT2D eigenvalue weighted by molar-refractivity contribution is 7.89. The zero-order chi connectivity index (χ0) is 19.3. The number of nitrogens with one attached hydrogen (secondary N) is 1. The molecule has 1 atom stereocenters. The smallest absolute Gasteiger partial charge is 0.251 e. The van der Waals surface area contributed by atoms with E-state index in [1.54, 1.807) is 12.1 Å². The summed E-state index contributed by atoms with van der Waals surface area (Å²) in [4.78, 5) is 12.8. The molecular weight excluding hydrogens is 348 g/mol. The van der Waals surface area contributed by atoms with E-state index in [1.807, 2.05) is 30.3 Å². The Morgan fingerprint density at radius 1 is 1.00 bits per heavy atom. The van der Waals surface area contributed by atoms with Gasteiger partial charge in [-0.3, -0.25) is 4.79 Å². The van der Waals surface area contributed by atoms with Gasteiger partial charge in [0.1, 0.15) is 0 Å². The minimum atomic E-state index is -3.50. The van der Waals surface area contributed by atoms with Crippen LogP contribution in [-0.2, 0) is 10.0 Å². The van der Waals surface area contributed by atoms with Gasteiger partial charge in [-0.2, -0.15) is 0 Å². The predicted molar refractivity (Wildman–Crippen MR) is 103 cm³/mol. The fraction of sp³-hybridized carbons (Fsp3) is 0.350. The van der Waals surface area contributed by atoms with Crippen molar-refractivity contribution in [1.82, 2.24) is 9.62 Å². The van der Waals surface area contributed by atoms with Crippen LogP contribution in [-0.4, -0.2) is 32.7 Å². The summed E-state index contributed by atoms with van der Waals surface area (Å²) in [6, 6.07) is 15.8. The van der Waals surface area contributed by atoms with Crippen molar-refractivity contribution < 1.29 is 13.2 Å². The molecule has 6 heteroatoms. The van der Waals surface area contributed by atoms with Crippen LogP contribution in [0.1, 0.15) is 42.2 Å². The van der Waals surface area contributed by atoms with Gasteiger partial charge in [-0.25, -0.2) is 12.7 Å². The zero-order valence-electron chi connectivity index (χ0n) is 15.6. The van der Waals surface area contributed by atoms with Gasteiger partial charge in [0, 0.05) is 19.7 Å². The lowest BCUT2D eigenvalue weighted by molar-refractivity contribution is 0.0932. The summed E-state index contributed by atoms with van der Waals surface area (Å²) in [6.45, 7) is 4.23. The van der Waals surface area contributed by atoms with E-state index in [0.29, 0.717) is 11.5 Å². The monoisotopic (exact) mass is 374 g/mol. The molecule has 0 saturated heterocycles. The molecule has 2 aromatic rings. The number of sulfonamides is 1. The highest BCUT2D eigenvalue weighted by Crippen LogP contribution is 2.22. The van der Waals surface area contributed by atoms with Gasteiger partial charge < -0.3 is 5.32 Å². The Morgan fingerprint density at radius 2 is 1.58 bits per heavy atom. The molecular formula is C20H26N2O3S. The maximum atomic E-state index is 12.6. The topological polar surface area (TPSA) is 66.5 Å². The van der Waals surface area contributed by atoms with Gasteiger partial charge in [0.15, 0.2) is 0 Å². The van der Waals surface area contributed by atoms with Crippen LogP contribution in [0.5, 0.6) is 0 Å². The van der Waals surface area contributed by atoms with Crippen LogP contribution in [0.2, 0.25) is 0 Å². The van der Waals surface area contributed by atoms with Crippen LogP contribution >= 0.6 is 0 Å². The fourth-order valence-electron chi connectivity index (χ4n) is 2.67. The minimum absolute atomic E-state index is 0.0890. The molecule has 140 valence electrons. The van der Waals surface area contributed by atoms with E-state index in [9.17, 15) is 13.2 Å². The first-order valence-corrected chi connectivity index (χ1v) is 10.0. The Hall–Kier alpha value is -2.18. The third kappa shape index (κ3) is 4.93. The largest absolute Gasteiger partial charge is 0.345 e. The van der Waals surface area contributed by atoms with Crippen LogP contribution in [0.25, 0.3) is 0 Å². The lowest BCUT2D eigenvalue weighted by Gasteiger charge is -2.21. The fourth-order valence-corrected chi connectivity index (χ4v) is 3.57. The van der Waals surface area contributed by atoms with Gasteiger partial charge in [0.2, 0.25) is 10.0 Å². The lowest BCUT2D eigenvalue weighted by atomic mass is 9.96. The molecule has 0 spiro atoms. The molecule has 1 amide bonds. The van der Waals surface area contributed by atoms with E-state index in [-0.39, 0.29) is 16.8 Å². The van der Waals surface area contributed by atoms with Crippen LogP contribution < -0.4 is 5.32 Å². The molecule has 0 aliphatic rings. The van der Waals surface area contributed by atoms with Crippen LogP contribution in [0.3, 0.4) is 0 Å². The first-order valence-electron chi connectivity index (χ1n) is 8.60. The first kappa shape index (κ1) is 20.1. The Labute approximate surface area is 156 Å². The molecule has 0 aliphatic carbocycles. The maximum Gasteiger partial charge on any atom is 0.251 e. The van der Waals surface area contributed by atoms with Gasteiger partial charge in [-0.05, 0) is 42.2 Å². The van der Waals surface area contributed by atoms with Crippen molar-refractivity contribution in [2.75, 3.05) is 14.1 Å². The summed E-state index contributed by atoms with van der Waals surface area (Å²) < 4.78 is 25.4. The Bertz CT molecular complexity index is 829. The molecule has 2 rings (SSSR count). The third-order valence-electron chi connectivity index (χ3n) is 4.11. The summed E-state index contributed by atoms with van der Waals surface area (Å²) in [6.07, 6.45) is 0.822. The molecule has 0 aromatic heterocycles. The van der Waals surface area contributed by atoms with Crippen molar-refractivity contribution in [3.8, 4) is 0 Å². The second-order valence-electron chi connectivity index (χ2n) is 6.88. The number of amides is 1. The zero-order valence-corrected chi connectivity index (χ0v) is 16.5. The molecule has 0 saturated carbocycles. The molecule has 2 aromatic carbocycles. The van der Waals surface area contributed by atoms with Crippen molar-refractivity contribution in [2.45, 2.75) is 31.2 Å². The van der Waals surface area contributed by atoms with E-state index in [1.165, 1.54) is 26.2 Å². The van der Waals surface area contributed by atoms with Gasteiger partial charge in [-0.1, -0.05) is 44.2 Å². The number of nitrogens with zero attached hydrogens (tertiary/aromatic N) is 1. The molecule has 26 heavy (non-hydrogen) atoms. The van der Waals surface area contributed by atoms with Crippen molar-refractivity contribution in [2.24, 2.45) is 5.92 Å². The second kappa shape index (κ2) is 8.47. The number of hydrogen-bond donors (Lipinski definition) is 1. The van der Waals surface area contributed by atoms with Gasteiger partial charge >= 0.3 is 0 Å². The van der Waals surface area contributed by atoms with E-state index >= 15 is 0 Å². The average molecular weight is 375 g/mol. The van der Waals surface area contributed by atoms with Crippen LogP contribution in [0.15, 0.2) is 59.5 Å². The SMILES string of the molecule is CC(C)CC(NC(=O)c1ccc(S(=O)(=O)N(C)C)cc1)c1ccccc1.